The molecule has 0 bridgehead atoms. The highest BCUT2D eigenvalue weighted by Crippen LogP contribution is 2.28. The van der Waals surface area contributed by atoms with E-state index in [4.69, 9.17) is 5.73 Å². The smallest absolute Gasteiger partial charge is 0.254 e. The van der Waals surface area contributed by atoms with Crippen molar-refractivity contribution in [2.24, 2.45) is 5.92 Å². The second-order valence-electron chi connectivity index (χ2n) is 5.41. The first kappa shape index (κ1) is 14.8. The third kappa shape index (κ3) is 3.68. The molecule has 0 radical (unpaired) electrons. The van der Waals surface area contributed by atoms with Crippen LogP contribution in [-0.2, 0) is 0 Å². The minimum atomic E-state index is -0.861. The molecule has 0 aliphatic heterocycles. The van der Waals surface area contributed by atoms with Crippen LogP contribution in [0.4, 0.5) is 14.5 Å². The summed E-state index contributed by atoms with van der Waals surface area (Å²) in [5.74, 6) is -1.42. The summed E-state index contributed by atoms with van der Waals surface area (Å²) in [4.78, 5) is 11.8. The third-order valence-electron chi connectivity index (χ3n) is 3.86. The molecule has 1 saturated carbocycles. The van der Waals surface area contributed by atoms with Crippen molar-refractivity contribution in [3.8, 4) is 0 Å². The number of nitrogens with one attached hydrogen (secondary N) is 1. The molecule has 110 valence electrons. The zero-order chi connectivity index (χ0) is 14.5. The second-order valence-corrected chi connectivity index (χ2v) is 5.41. The fourth-order valence-corrected chi connectivity index (χ4v) is 2.76. The molecule has 0 aromatic heterocycles. The Hall–Kier alpha value is -1.65. The number of hydrogen-bond acceptors (Lipinski definition) is 2. The molecule has 1 aromatic rings. The molecule has 0 heterocycles. The van der Waals surface area contributed by atoms with E-state index in [9.17, 15) is 13.6 Å². The molecule has 1 aliphatic carbocycles. The average Bonchev–Trinajstić information content (AvgIpc) is 2.91. The molecule has 2 rings (SSSR count). The summed E-state index contributed by atoms with van der Waals surface area (Å²) in [6.45, 7) is 0.477. The fraction of sp³-hybridized carbons (Fsp3) is 0.533. The van der Waals surface area contributed by atoms with Crippen LogP contribution < -0.4 is 11.1 Å². The summed E-state index contributed by atoms with van der Waals surface area (Å²) in [5, 5.41) is 2.62. The molecule has 0 spiro atoms. The summed E-state index contributed by atoms with van der Waals surface area (Å²) < 4.78 is 26.8. The maximum atomic E-state index is 13.6. The Bertz CT molecular complexity index is 485. The van der Waals surface area contributed by atoms with Crippen molar-refractivity contribution in [3.05, 3.63) is 29.3 Å². The number of benzene rings is 1. The number of rotatable bonds is 5. The Balaban J connectivity index is 1.82. The summed E-state index contributed by atoms with van der Waals surface area (Å²) in [5.41, 5.74) is 4.63. The fourth-order valence-electron chi connectivity index (χ4n) is 2.76. The molecule has 20 heavy (non-hydrogen) atoms. The molecule has 1 fully saturated rings. The van der Waals surface area contributed by atoms with Gasteiger partial charge in [0.05, 0.1) is 11.3 Å². The lowest BCUT2D eigenvalue weighted by atomic mass is 10.0. The van der Waals surface area contributed by atoms with Crippen LogP contribution >= 0.6 is 0 Å². The normalized spacial score (nSPS) is 15.5. The van der Waals surface area contributed by atoms with Crippen molar-refractivity contribution in [2.45, 2.75) is 38.5 Å². The van der Waals surface area contributed by atoms with Gasteiger partial charge < -0.3 is 11.1 Å². The van der Waals surface area contributed by atoms with E-state index in [1.807, 2.05) is 0 Å². The van der Waals surface area contributed by atoms with E-state index >= 15 is 0 Å². The van der Waals surface area contributed by atoms with Crippen LogP contribution in [0.25, 0.3) is 0 Å². The summed E-state index contributed by atoms with van der Waals surface area (Å²) in [7, 11) is 0. The van der Waals surface area contributed by atoms with Crippen LogP contribution in [0.15, 0.2) is 12.1 Å². The predicted molar refractivity (Wildman–Crippen MR) is 74.3 cm³/mol. The number of amides is 1. The molecule has 0 unspecified atom stereocenters. The van der Waals surface area contributed by atoms with Crippen LogP contribution in [-0.4, -0.2) is 12.5 Å². The molecular weight excluding hydrogens is 262 g/mol. The lowest BCUT2D eigenvalue weighted by Crippen LogP contribution is -2.26. The van der Waals surface area contributed by atoms with Crippen molar-refractivity contribution >= 4 is 11.6 Å². The van der Waals surface area contributed by atoms with Gasteiger partial charge in [0, 0.05) is 6.54 Å². The van der Waals surface area contributed by atoms with Crippen LogP contribution in [0.5, 0.6) is 0 Å². The summed E-state index contributed by atoms with van der Waals surface area (Å²) in [6.07, 6.45) is 7.07. The molecule has 0 saturated heterocycles. The van der Waals surface area contributed by atoms with E-state index in [0.29, 0.717) is 6.54 Å². The summed E-state index contributed by atoms with van der Waals surface area (Å²) in [6, 6.07) is 1.74. The molecule has 1 aromatic carbocycles. The molecule has 3 N–H and O–H groups in total. The highest BCUT2D eigenvalue weighted by Gasteiger charge is 2.17. The van der Waals surface area contributed by atoms with Gasteiger partial charge in [-0.1, -0.05) is 25.7 Å². The third-order valence-corrected chi connectivity index (χ3v) is 3.86. The lowest BCUT2D eigenvalue weighted by molar-refractivity contribution is 0.0948. The largest absolute Gasteiger partial charge is 0.396 e. The van der Waals surface area contributed by atoms with Gasteiger partial charge in [0.1, 0.15) is 5.82 Å². The van der Waals surface area contributed by atoms with Crippen molar-refractivity contribution in [3.63, 3.8) is 0 Å². The molecule has 3 nitrogen and oxygen atoms in total. The van der Waals surface area contributed by atoms with Crippen molar-refractivity contribution in [1.82, 2.24) is 5.32 Å². The van der Waals surface area contributed by atoms with Gasteiger partial charge in [0.25, 0.3) is 5.91 Å². The van der Waals surface area contributed by atoms with Crippen LogP contribution in [0, 0.1) is 17.6 Å². The van der Waals surface area contributed by atoms with Gasteiger partial charge >= 0.3 is 0 Å². The maximum Gasteiger partial charge on any atom is 0.254 e. The minimum absolute atomic E-state index is 0.330. The lowest BCUT2D eigenvalue weighted by Gasteiger charge is -2.10. The summed E-state index contributed by atoms with van der Waals surface area (Å²) >= 11 is 0. The average molecular weight is 282 g/mol. The zero-order valence-corrected chi connectivity index (χ0v) is 11.4. The van der Waals surface area contributed by atoms with Crippen molar-refractivity contribution in [1.29, 1.82) is 0 Å². The number of anilines is 1. The number of nitrogens with two attached hydrogens (primary N) is 1. The Labute approximate surface area is 117 Å². The number of halogens is 2. The quantitative estimate of drug-likeness (QED) is 0.643. The maximum absolute atomic E-state index is 13.6. The highest BCUT2D eigenvalue weighted by molar-refractivity contribution is 5.95. The first-order valence-corrected chi connectivity index (χ1v) is 7.10. The van der Waals surface area contributed by atoms with Gasteiger partial charge in [-0.05, 0) is 30.9 Å². The van der Waals surface area contributed by atoms with Gasteiger partial charge in [-0.3, -0.25) is 4.79 Å². The predicted octanol–water partition coefficient (Wildman–Crippen LogP) is 3.25. The van der Waals surface area contributed by atoms with Crippen LogP contribution in [0.2, 0.25) is 0 Å². The Morgan fingerprint density at radius 2 is 2.00 bits per heavy atom. The topological polar surface area (TPSA) is 55.1 Å². The van der Waals surface area contributed by atoms with E-state index in [1.165, 1.54) is 25.7 Å². The molecule has 1 aliphatic rings. The number of nitrogen functional groups attached to an aromatic ring is 1. The number of carbonyl (C=O) groups is 1. The molecule has 5 heteroatoms. The Morgan fingerprint density at radius 1 is 1.30 bits per heavy atom. The van der Waals surface area contributed by atoms with E-state index in [0.717, 1.165) is 30.9 Å². The first-order chi connectivity index (χ1) is 9.58. The Morgan fingerprint density at radius 3 is 2.70 bits per heavy atom. The van der Waals surface area contributed by atoms with Gasteiger partial charge in [0.15, 0.2) is 5.82 Å². The van der Waals surface area contributed by atoms with E-state index in [2.05, 4.69) is 5.32 Å². The van der Waals surface area contributed by atoms with Gasteiger partial charge in [0.2, 0.25) is 0 Å². The van der Waals surface area contributed by atoms with Crippen molar-refractivity contribution < 1.29 is 13.6 Å². The first-order valence-electron chi connectivity index (χ1n) is 7.10. The molecular formula is C15H20F2N2O. The SMILES string of the molecule is Nc1cc(F)cc(C(=O)NCCCC2CCCC2)c1F. The number of hydrogen-bond donors (Lipinski definition) is 2. The minimum Gasteiger partial charge on any atom is -0.396 e. The highest BCUT2D eigenvalue weighted by atomic mass is 19.1. The van der Waals surface area contributed by atoms with Gasteiger partial charge in [-0.2, -0.15) is 0 Å². The molecule has 1 amide bonds. The van der Waals surface area contributed by atoms with E-state index in [-0.39, 0.29) is 11.3 Å². The number of carbonyl (C=O) groups excluding carboxylic acids is 1. The van der Waals surface area contributed by atoms with Gasteiger partial charge in [-0.15, -0.1) is 0 Å². The van der Waals surface area contributed by atoms with Crippen LogP contribution in [0.3, 0.4) is 0 Å². The van der Waals surface area contributed by atoms with E-state index in [1.54, 1.807) is 0 Å². The van der Waals surface area contributed by atoms with Crippen LogP contribution in [0.1, 0.15) is 48.9 Å². The van der Waals surface area contributed by atoms with Crippen molar-refractivity contribution in [2.75, 3.05) is 12.3 Å². The monoisotopic (exact) mass is 282 g/mol. The Kier molecular flexibility index (Phi) is 4.93. The van der Waals surface area contributed by atoms with E-state index < -0.39 is 17.5 Å². The second kappa shape index (κ2) is 6.68. The molecule has 0 atom stereocenters. The standard InChI is InChI=1S/C15H20F2N2O/c16-11-8-12(14(17)13(18)9-11)15(20)19-7-3-6-10-4-1-2-5-10/h8-10H,1-7,18H2,(H,19,20). The zero-order valence-electron chi connectivity index (χ0n) is 11.4. The van der Waals surface area contributed by atoms with Gasteiger partial charge in [-0.25, -0.2) is 8.78 Å².